The molecule has 0 spiro atoms. The average Bonchev–Trinajstić information content (AvgIpc) is 2.53. The van der Waals surface area contributed by atoms with Gasteiger partial charge in [0.25, 0.3) is 0 Å². The number of para-hydroxylation sites is 1. The van der Waals surface area contributed by atoms with E-state index in [0.29, 0.717) is 0 Å². The van der Waals surface area contributed by atoms with Crippen molar-refractivity contribution < 1.29 is 9.90 Å². The van der Waals surface area contributed by atoms with Crippen LogP contribution in [0, 0.1) is 0 Å². The highest BCUT2D eigenvalue weighted by Gasteiger charge is 1.99. The topological polar surface area (TPSA) is 62.2 Å². The van der Waals surface area contributed by atoms with Gasteiger partial charge in [-0.3, -0.25) is 0 Å². The van der Waals surface area contributed by atoms with Crippen LogP contribution >= 0.6 is 0 Å². The quantitative estimate of drug-likeness (QED) is 0.711. The molecule has 0 radical (unpaired) electrons. The van der Waals surface area contributed by atoms with E-state index in [1.54, 1.807) is 6.08 Å². The fraction of sp³-hybridized carbons (Fsp3) is 0. The number of aromatic nitrogens is 1. The molecule has 108 valence electrons. The van der Waals surface area contributed by atoms with E-state index in [4.69, 9.17) is 5.11 Å². The van der Waals surface area contributed by atoms with Gasteiger partial charge in [-0.2, -0.15) is 0 Å². The molecule has 4 nitrogen and oxygen atoms in total. The van der Waals surface area contributed by atoms with Crippen molar-refractivity contribution in [2.45, 2.75) is 0 Å². The van der Waals surface area contributed by atoms with E-state index in [0.717, 1.165) is 34.0 Å². The minimum atomic E-state index is -0.963. The SMILES string of the molecule is O=C(O)/C=C/c1cccc(Nc2ccc3ccccc3n2)c1. The van der Waals surface area contributed by atoms with Crippen LogP contribution in [0.25, 0.3) is 17.0 Å². The fourth-order valence-corrected chi connectivity index (χ4v) is 2.17. The zero-order valence-corrected chi connectivity index (χ0v) is 11.7. The maximum atomic E-state index is 10.6. The second kappa shape index (κ2) is 6.10. The monoisotopic (exact) mass is 290 g/mol. The standard InChI is InChI=1S/C18H14N2O2/c21-18(22)11-8-13-4-3-6-15(12-13)19-17-10-9-14-5-1-2-7-16(14)20-17/h1-12H,(H,19,20)(H,21,22)/b11-8+. The number of benzene rings is 2. The highest BCUT2D eigenvalue weighted by molar-refractivity contribution is 5.85. The van der Waals surface area contributed by atoms with Gasteiger partial charge in [-0.1, -0.05) is 30.3 Å². The number of carboxylic acids is 1. The van der Waals surface area contributed by atoms with Crippen molar-refractivity contribution >= 4 is 34.5 Å². The first-order valence-electron chi connectivity index (χ1n) is 6.85. The summed E-state index contributed by atoms with van der Waals surface area (Å²) >= 11 is 0. The Bertz CT molecular complexity index is 856. The van der Waals surface area contributed by atoms with Gasteiger partial charge in [0.1, 0.15) is 5.82 Å². The minimum absolute atomic E-state index is 0.748. The summed E-state index contributed by atoms with van der Waals surface area (Å²) in [5.74, 6) is -0.215. The van der Waals surface area contributed by atoms with E-state index in [1.165, 1.54) is 0 Å². The molecule has 4 heteroatoms. The summed E-state index contributed by atoms with van der Waals surface area (Å²) < 4.78 is 0. The van der Waals surface area contributed by atoms with Gasteiger partial charge in [0, 0.05) is 17.1 Å². The highest BCUT2D eigenvalue weighted by atomic mass is 16.4. The zero-order chi connectivity index (χ0) is 15.4. The lowest BCUT2D eigenvalue weighted by Gasteiger charge is -2.07. The molecule has 3 rings (SSSR count). The van der Waals surface area contributed by atoms with Gasteiger partial charge in [0.05, 0.1) is 5.52 Å². The highest BCUT2D eigenvalue weighted by Crippen LogP contribution is 2.20. The van der Waals surface area contributed by atoms with Crippen LogP contribution < -0.4 is 5.32 Å². The molecule has 0 fully saturated rings. The lowest BCUT2D eigenvalue weighted by molar-refractivity contribution is -0.131. The molecule has 1 heterocycles. The molecule has 0 aliphatic heterocycles. The number of rotatable bonds is 4. The average molecular weight is 290 g/mol. The van der Waals surface area contributed by atoms with Crippen LogP contribution in [0.3, 0.4) is 0 Å². The summed E-state index contributed by atoms with van der Waals surface area (Å²) in [6.45, 7) is 0. The van der Waals surface area contributed by atoms with Gasteiger partial charge >= 0.3 is 5.97 Å². The van der Waals surface area contributed by atoms with Crippen molar-refractivity contribution in [2.75, 3.05) is 5.32 Å². The molecule has 3 aromatic rings. The second-order valence-corrected chi connectivity index (χ2v) is 4.81. The van der Waals surface area contributed by atoms with Gasteiger partial charge in [0.15, 0.2) is 0 Å². The largest absolute Gasteiger partial charge is 0.478 e. The predicted octanol–water partition coefficient (Wildman–Crippen LogP) is 4.08. The number of carboxylic acid groups (broad SMARTS) is 1. The Hall–Kier alpha value is -3.14. The summed E-state index contributed by atoms with van der Waals surface area (Å²) in [6.07, 6.45) is 2.68. The molecular formula is C18H14N2O2. The molecule has 22 heavy (non-hydrogen) atoms. The van der Waals surface area contributed by atoms with Crippen LogP contribution in [0.4, 0.5) is 11.5 Å². The van der Waals surface area contributed by atoms with Gasteiger partial charge < -0.3 is 10.4 Å². The molecule has 0 bridgehead atoms. The number of anilines is 2. The number of hydrogen-bond donors (Lipinski definition) is 2. The minimum Gasteiger partial charge on any atom is -0.478 e. The number of nitrogens with one attached hydrogen (secondary N) is 1. The second-order valence-electron chi connectivity index (χ2n) is 4.81. The van der Waals surface area contributed by atoms with E-state index in [1.807, 2.05) is 60.7 Å². The Morgan fingerprint density at radius 2 is 1.91 bits per heavy atom. The third-order valence-electron chi connectivity index (χ3n) is 3.18. The van der Waals surface area contributed by atoms with Gasteiger partial charge in [-0.25, -0.2) is 9.78 Å². The van der Waals surface area contributed by atoms with Crippen molar-refractivity contribution in [3.63, 3.8) is 0 Å². The van der Waals surface area contributed by atoms with Crippen molar-refractivity contribution in [3.8, 4) is 0 Å². The Labute approximate surface area is 127 Å². The predicted molar refractivity (Wildman–Crippen MR) is 88.1 cm³/mol. The summed E-state index contributed by atoms with van der Waals surface area (Å²) in [6, 6.07) is 19.3. The summed E-state index contributed by atoms with van der Waals surface area (Å²) in [5, 5.41) is 13.0. The van der Waals surface area contributed by atoms with Gasteiger partial charge in [-0.05, 0) is 42.0 Å². The van der Waals surface area contributed by atoms with E-state index >= 15 is 0 Å². The van der Waals surface area contributed by atoms with E-state index in [2.05, 4.69) is 10.3 Å². The number of aliphatic carboxylic acids is 1. The summed E-state index contributed by atoms with van der Waals surface area (Å²) in [5.41, 5.74) is 2.60. The maximum absolute atomic E-state index is 10.6. The number of nitrogens with zero attached hydrogens (tertiary/aromatic N) is 1. The Balaban J connectivity index is 1.85. The zero-order valence-electron chi connectivity index (χ0n) is 11.7. The molecular weight excluding hydrogens is 276 g/mol. The molecule has 0 saturated carbocycles. The maximum Gasteiger partial charge on any atom is 0.328 e. The smallest absolute Gasteiger partial charge is 0.328 e. The van der Waals surface area contributed by atoms with Crippen molar-refractivity contribution in [3.05, 3.63) is 72.3 Å². The van der Waals surface area contributed by atoms with Crippen LogP contribution in [0.1, 0.15) is 5.56 Å². The Morgan fingerprint density at radius 3 is 2.77 bits per heavy atom. The number of hydrogen-bond acceptors (Lipinski definition) is 3. The van der Waals surface area contributed by atoms with E-state index in [9.17, 15) is 4.79 Å². The van der Waals surface area contributed by atoms with Crippen LogP contribution in [0.2, 0.25) is 0 Å². The molecule has 2 N–H and O–H groups in total. The van der Waals surface area contributed by atoms with Gasteiger partial charge in [0.2, 0.25) is 0 Å². The molecule has 0 saturated heterocycles. The summed E-state index contributed by atoms with van der Waals surface area (Å²) in [7, 11) is 0. The normalized spacial score (nSPS) is 10.9. The van der Waals surface area contributed by atoms with Crippen LogP contribution in [-0.4, -0.2) is 16.1 Å². The lowest BCUT2D eigenvalue weighted by Crippen LogP contribution is -1.94. The molecule has 0 aliphatic carbocycles. The molecule has 0 aliphatic rings. The molecule has 0 unspecified atom stereocenters. The molecule has 1 aromatic heterocycles. The van der Waals surface area contributed by atoms with Crippen LogP contribution in [-0.2, 0) is 4.79 Å². The van der Waals surface area contributed by atoms with Crippen molar-refractivity contribution in [1.82, 2.24) is 4.98 Å². The molecule has 2 aromatic carbocycles. The Kier molecular flexibility index (Phi) is 3.83. The van der Waals surface area contributed by atoms with Crippen molar-refractivity contribution in [2.24, 2.45) is 0 Å². The Morgan fingerprint density at radius 1 is 1.05 bits per heavy atom. The van der Waals surface area contributed by atoms with Crippen LogP contribution in [0.5, 0.6) is 0 Å². The van der Waals surface area contributed by atoms with Crippen LogP contribution in [0.15, 0.2) is 66.7 Å². The first-order valence-corrected chi connectivity index (χ1v) is 6.85. The first-order chi connectivity index (χ1) is 10.7. The molecule has 0 atom stereocenters. The third-order valence-corrected chi connectivity index (χ3v) is 3.18. The summed E-state index contributed by atoms with van der Waals surface area (Å²) in [4.78, 5) is 15.1. The van der Waals surface area contributed by atoms with E-state index in [-0.39, 0.29) is 0 Å². The van der Waals surface area contributed by atoms with Crippen molar-refractivity contribution in [1.29, 1.82) is 0 Å². The third kappa shape index (κ3) is 3.30. The number of fused-ring (bicyclic) bond motifs is 1. The fourth-order valence-electron chi connectivity index (χ4n) is 2.17. The number of carbonyl (C=O) groups is 1. The van der Waals surface area contributed by atoms with E-state index < -0.39 is 5.97 Å². The number of pyridine rings is 1. The molecule has 0 amide bonds. The lowest BCUT2D eigenvalue weighted by atomic mass is 10.2. The first kappa shape index (κ1) is 13.8. The van der Waals surface area contributed by atoms with Gasteiger partial charge in [-0.15, -0.1) is 0 Å².